The monoisotopic (exact) mass is 324 g/mol. The van der Waals surface area contributed by atoms with E-state index < -0.39 is 11.0 Å². The highest BCUT2D eigenvalue weighted by Gasteiger charge is 2.25. The fraction of sp³-hybridized carbons (Fsp3) is 0.647. The summed E-state index contributed by atoms with van der Waals surface area (Å²) in [4.78, 5) is 10.4. The second-order valence-corrected chi connectivity index (χ2v) is 7.69. The van der Waals surface area contributed by atoms with Crippen LogP contribution in [-0.4, -0.2) is 34.8 Å². The molecule has 1 rings (SSSR count). The SMILES string of the molecule is CC(C)(C)CC(C)(C)NC[C@@H](O)COc1ccccc1[N+](=O)[O-]. The molecule has 0 saturated carbocycles. The fourth-order valence-electron chi connectivity index (χ4n) is 2.76. The lowest BCUT2D eigenvalue weighted by Crippen LogP contribution is -2.46. The molecule has 1 aromatic carbocycles. The van der Waals surface area contributed by atoms with Crippen molar-refractivity contribution in [2.45, 2.75) is 52.7 Å². The first-order chi connectivity index (χ1) is 10.5. The van der Waals surface area contributed by atoms with Crippen LogP contribution in [-0.2, 0) is 0 Å². The summed E-state index contributed by atoms with van der Waals surface area (Å²) in [5, 5.41) is 24.3. The van der Waals surface area contributed by atoms with E-state index in [9.17, 15) is 15.2 Å². The van der Waals surface area contributed by atoms with Gasteiger partial charge in [0.25, 0.3) is 0 Å². The highest BCUT2D eigenvalue weighted by molar-refractivity contribution is 5.45. The number of hydrogen-bond acceptors (Lipinski definition) is 5. The smallest absolute Gasteiger partial charge is 0.310 e. The third-order valence-corrected chi connectivity index (χ3v) is 3.28. The fourth-order valence-corrected chi connectivity index (χ4v) is 2.76. The van der Waals surface area contributed by atoms with Crippen molar-refractivity contribution >= 4 is 5.69 Å². The minimum absolute atomic E-state index is 0.00342. The molecule has 0 heterocycles. The van der Waals surface area contributed by atoms with E-state index >= 15 is 0 Å². The van der Waals surface area contributed by atoms with Crippen molar-refractivity contribution < 1.29 is 14.8 Å². The summed E-state index contributed by atoms with van der Waals surface area (Å²) in [5.74, 6) is 0.172. The van der Waals surface area contributed by atoms with E-state index in [-0.39, 0.29) is 29.0 Å². The average molecular weight is 324 g/mol. The maximum Gasteiger partial charge on any atom is 0.310 e. The summed E-state index contributed by atoms with van der Waals surface area (Å²) in [5.41, 5.74) is -0.0265. The topological polar surface area (TPSA) is 84.6 Å². The van der Waals surface area contributed by atoms with E-state index in [1.165, 1.54) is 12.1 Å². The number of aliphatic hydroxyl groups excluding tert-OH is 1. The van der Waals surface area contributed by atoms with Gasteiger partial charge in [0, 0.05) is 18.2 Å². The molecule has 0 bridgehead atoms. The van der Waals surface area contributed by atoms with Gasteiger partial charge < -0.3 is 15.2 Å². The molecular weight excluding hydrogens is 296 g/mol. The summed E-state index contributed by atoms with van der Waals surface area (Å²) in [7, 11) is 0. The number of rotatable bonds is 8. The molecule has 6 nitrogen and oxygen atoms in total. The Morgan fingerprint density at radius 2 is 1.87 bits per heavy atom. The van der Waals surface area contributed by atoms with Gasteiger partial charge in [-0.05, 0) is 31.7 Å². The number of β-amino-alcohol motifs (C(OH)–C–C–N with tert-alkyl or cyclic N) is 1. The van der Waals surface area contributed by atoms with Crippen LogP contribution in [0.15, 0.2) is 24.3 Å². The quantitative estimate of drug-likeness (QED) is 0.567. The Balaban J connectivity index is 2.49. The standard InChI is InChI=1S/C17H28N2O4/c1-16(2,3)12-17(4,5)18-10-13(20)11-23-15-9-7-6-8-14(15)19(21)22/h6-9,13,18,20H,10-12H2,1-5H3/t13-/m1/s1. The third kappa shape index (κ3) is 7.43. The van der Waals surface area contributed by atoms with Crippen LogP contribution >= 0.6 is 0 Å². The number of hydrogen-bond donors (Lipinski definition) is 2. The molecule has 6 heteroatoms. The first-order valence-electron chi connectivity index (χ1n) is 7.79. The summed E-state index contributed by atoms with van der Waals surface area (Å²) < 4.78 is 5.39. The predicted octanol–water partition coefficient (Wildman–Crippen LogP) is 3.14. The van der Waals surface area contributed by atoms with Crippen molar-refractivity contribution in [2.75, 3.05) is 13.2 Å². The minimum Gasteiger partial charge on any atom is -0.484 e. The summed E-state index contributed by atoms with van der Waals surface area (Å²) in [6.45, 7) is 11.1. The van der Waals surface area contributed by atoms with Crippen molar-refractivity contribution in [1.29, 1.82) is 0 Å². The van der Waals surface area contributed by atoms with Crippen molar-refractivity contribution in [3.63, 3.8) is 0 Å². The van der Waals surface area contributed by atoms with Crippen LogP contribution in [0.2, 0.25) is 0 Å². The Bertz CT molecular complexity index is 524. The van der Waals surface area contributed by atoms with Gasteiger partial charge >= 0.3 is 5.69 Å². The van der Waals surface area contributed by atoms with Crippen molar-refractivity contribution in [1.82, 2.24) is 5.32 Å². The second kappa shape index (κ2) is 7.75. The van der Waals surface area contributed by atoms with Gasteiger partial charge in [-0.2, -0.15) is 0 Å². The third-order valence-electron chi connectivity index (χ3n) is 3.28. The Hall–Kier alpha value is -1.66. The molecule has 2 N–H and O–H groups in total. The van der Waals surface area contributed by atoms with Gasteiger partial charge in [0.15, 0.2) is 5.75 Å². The summed E-state index contributed by atoms with van der Waals surface area (Å²) in [6.07, 6.45) is 0.214. The molecule has 130 valence electrons. The van der Waals surface area contributed by atoms with Gasteiger partial charge in [0.05, 0.1) is 4.92 Å². The number of nitrogens with zero attached hydrogens (tertiary/aromatic N) is 1. The number of nitro groups is 1. The van der Waals surface area contributed by atoms with E-state index in [1.807, 2.05) is 0 Å². The van der Waals surface area contributed by atoms with E-state index in [2.05, 4.69) is 39.9 Å². The molecule has 1 atom stereocenters. The van der Waals surface area contributed by atoms with Crippen LogP contribution < -0.4 is 10.1 Å². The van der Waals surface area contributed by atoms with Gasteiger partial charge in [0.2, 0.25) is 0 Å². The number of para-hydroxylation sites is 2. The molecule has 23 heavy (non-hydrogen) atoms. The number of aliphatic hydroxyl groups is 1. The minimum atomic E-state index is -0.742. The van der Waals surface area contributed by atoms with Crippen LogP contribution in [0.25, 0.3) is 0 Å². The molecular formula is C17H28N2O4. The number of nitrogens with one attached hydrogen (secondary N) is 1. The Morgan fingerprint density at radius 3 is 2.43 bits per heavy atom. The van der Waals surface area contributed by atoms with Crippen molar-refractivity contribution in [2.24, 2.45) is 5.41 Å². The zero-order chi connectivity index (χ0) is 17.7. The zero-order valence-electron chi connectivity index (χ0n) is 14.6. The molecule has 0 fully saturated rings. The highest BCUT2D eigenvalue weighted by atomic mass is 16.6. The van der Waals surface area contributed by atoms with Gasteiger partial charge in [0.1, 0.15) is 12.7 Å². The van der Waals surface area contributed by atoms with Crippen LogP contribution in [0.1, 0.15) is 41.0 Å². The van der Waals surface area contributed by atoms with Gasteiger partial charge in [-0.25, -0.2) is 0 Å². The molecule has 1 aromatic rings. The molecule has 0 aliphatic rings. The van der Waals surface area contributed by atoms with Gasteiger partial charge in [-0.3, -0.25) is 10.1 Å². The number of ether oxygens (including phenoxy) is 1. The van der Waals surface area contributed by atoms with E-state index in [1.54, 1.807) is 12.1 Å². The number of benzene rings is 1. The molecule has 0 unspecified atom stereocenters. The normalized spacial score (nSPS) is 13.7. The van der Waals surface area contributed by atoms with Gasteiger partial charge in [-0.1, -0.05) is 32.9 Å². The van der Waals surface area contributed by atoms with Crippen LogP contribution in [0.3, 0.4) is 0 Å². The maximum atomic E-state index is 10.9. The van der Waals surface area contributed by atoms with Crippen LogP contribution in [0.4, 0.5) is 5.69 Å². The second-order valence-electron chi connectivity index (χ2n) is 7.69. The number of nitro benzene ring substituents is 1. The van der Waals surface area contributed by atoms with E-state index in [4.69, 9.17) is 4.74 Å². The summed E-state index contributed by atoms with van der Waals surface area (Å²) >= 11 is 0. The molecule has 0 aromatic heterocycles. The first-order valence-corrected chi connectivity index (χ1v) is 7.79. The van der Waals surface area contributed by atoms with Gasteiger partial charge in [-0.15, -0.1) is 0 Å². The van der Waals surface area contributed by atoms with Crippen molar-refractivity contribution in [3.05, 3.63) is 34.4 Å². The van der Waals surface area contributed by atoms with Crippen LogP contribution in [0, 0.1) is 15.5 Å². The van der Waals surface area contributed by atoms with Crippen LogP contribution in [0.5, 0.6) is 5.75 Å². The lowest BCUT2D eigenvalue weighted by atomic mass is 9.82. The summed E-state index contributed by atoms with van der Waals surface area (Å²) in [6, 6.07) is 6.16. The molecule has 0 aliphatic carbocycles. The first kappa shape index (κ1) is 19.4. The molecule has 0 aliphatic heterocycles. The average Bonchev–Trinajstić information content (AvgIpc) is 2.40. The Morgan fingerprint density at radius 1 is 1.26 bits per heavy atom. The van der Waals surface area contributed by atoms with Crippen molar-refractivity contribution in [3.8, 4) is 5.75 Å². The maximum absolute atomic E-state index is 10.9. The highest BCUT2D eigenvalue weighted by Crippen LogP contribution is 2.27. The Labute approximate surface area is 138 Å². The van der Waals surface area contributed by atoms with E-state index in [0.717, 1.165) is 6.42 Å². The largest absolute Gasteiger partial charge is 0.484 e. The molecule has 0 radical (unpaired) electrons. The lowest BCUT2D eigenvalue weighted by molar-refractivity contribution is -0.385. The lowest BCUT2D eigenvalue weighted by Gasteiger charge is -2.34. The zero-order valence-corrected chi connectivity index (χ0v) is 14.6. The Kier molecular flexibility index (Phi) is 6.53. The molecule has 0 spiro atoms. The molecule has 0 amide bonds. The molecule has 0 saturated heterocycles. The predicted molar refractivity (Wildman–Crippen MR) is 90.8 cm³/mol. The van der Waals surface area contributed by atoms with E-state index in [0.29, 0.717) is 6.54 Å².